The van der Waals surface area contributed by atoms with Gasteiger partial charge in [-0.05, 0) is 74.7 Å². The Morgan fingerprint density at radius 3 is 2.46 bits per heavy atom. The third-order valence-corrected chi connectivity index (χ3v) is 7.87. The summed E-state index contributed by atoms with van der Waals surface area (Å²) in [5.74, 6) is -0.934. The molecule has 2 aromatic carbocycles. The number of hydrogen-bond donors (Lipinski definition) is 1. The lowest BCUT2D eigenvalue weighted by atomic mass is 9.90. The van der Waals surface area contributed by atoms with Crippen LogP contribution in [0.5, 0.6) is 5.75 Å². The zero-order valence-electron chi connectivity index (χ0n) is 21.2. The molecule has 2 aromatic rings. The van der Waals surface area contributed by atoms with E-state index in [1.807, 2.05) is 17.0 Å². The molecule has 3 aliphatic rings. The van der Waals surface area contributed by atoms with Crippen LogP contribution in [0, 0.1) is 5.82 Å². The van der Waals surface area contributed by atoms with Crippen molar-refractivity contribution in [1.29, 1.82) is 0 Å². The first-order chi connectivity index (χ1) is 17.9. The van der Waals surface area contributed by atoms with E-state index >= 15 is 0 Å². The number of nitrogens with one attached hydrogen (secondary N) is 1. The van der Waals surface area contributed by atoms with Crippen molar-refractivity contribution in [2.45, 2.75) is 56.5 Å². The maximum Gasteiger partial charge on any atom is 0.253 e. The van der Waals surface area contributed by atoms with Gasteiger partial charge in [0.15, 0.2) is 0 Å². The molecule has 5 rings (SSSR count). The fraction of sp³-hybridized carbons (Fsp3) is 0.483. The van der Waals surface area contributed by atoms with Gasteiger partial charge in [-0.15, -0.1) is 0 Å². The van der Waals surface area contributed by atoms with Crippen molar-refractivity contribution < 1.29 is 23.5 Å². The summed E-state index contributed by atoms with van der Waals surface area (Å²) in [7, 11) is 2.16. The van der Waals surface area contributed by atoms with Gasteiger partial charge in [-0.25, -0.2) is 4.39 Å². The zero-order chi connectivity index (χ0) is 25.9. The number of piperidine rings is 3. The van der Waals surface area contributed by atoms with E-state index in [4.69, 9.17) is 4.74 Å². The Balaban J connectivity index is 1.16. The van der Waals surface area contributed by atoms with E-state index in [1.165, 1.54) is 24.5 Å². The molecule has 1 N–H and O–H groups in total. The van der Waals surface area contributed by atoms with Gasteiger partial charge in [-0.2, -0.15) is 0 Å². The maximum absolute atomic E-state index is 14.5. The van der Waals surface area contributed by atoms with Crippen LogP contribution in [0.3, 0.4) is 0 Å². The Labute approximate surface area is 217 Å². The Hall–Kier alpha value is -3.26. The highest BCUT2D eigenvalue weighted by Gasteiger charge is 2.31. The number of likely N-dealkylation sites (tertiary alicyclic amines) is 2. The number of hydrogen-bond acceptors (Lipinski definition) is 5. The predicted molar refractivity (Wildman–Crippen MR) is 137 cm³/mol. The SMILES string of the molecule is CN1CCC[C@@H](c2ccc(C(=O)N3CCC(Oc4ccc(F)c(C5CCC(=O)NC5=O)c4)CC3)cc2)C1. The minimum absolute atomic E-state index is 0.0349. The highest BCUT2D eigenvalue weighted by molar-refractivity contribution is 6.01. The van der Waals surface area contributed by atoms with Crippen LogP contribution < -0.4 is 10.1 Å². The first-order valence-corrected chi connectivity index (χ1v) is 13.2. The number of ether oxygens (including phenoxy) is 1. The molecule has 3 fully saturated rings. The molecule has 0 saturated carbocycles. The number of rotatable bonds is 5. The molecule has 37 heavy (non-hydrogen) atoms. The molecular formula is C29H34FN3O4. The fourth-order valence-corrected chi connectivity index (χ4v) is 5.74. The van der Waals surface area contributed by atoms with Crippen LogP contribution >= 0.6 is 0 Å². The van der Waals surface area contributed by atoms with Crippen molar-refractivity contribution in [3.8, 4) is 5.75 Å². The summed E-state index contributed by atoms with van der Waals surface area (Å²) in [5.41, 5.74) is 2.25. The quantitative estimate of drug-likeness (QED) is 0.623. The Kier molecular flexibility index (Phi) is 7.55. The van der Waals surface area contributed by atoms with Crippen molar-refractivity contribution in [3.63, 3.8) is 0 Å². The largest absolute Gasteiger partial charge is 0.490 e. The van der Waals surface area contributed by atoms with Crippen LogP contribution in [-0.2, 0) is 9.59 Å². The van der Waals surface area contributed by atoms with E-state index < -0.39 is 17.6 Å². The summed E-state index contributed by atoms with van der Waals surface area (Å²) in [6, 6.07) is 12.5. The van der Waals surface area contributed by atoms with Crippen LogP contribution in [0.25, 0.3) is 0 Å². The molecule has 7 nitrogen and oxygen atoms in total. The molecule has 0 aliphatic carbocycles. The lowest BCUT2D eigenvalue weighted by molar-refractivity contribution is -0.134. The minimum atomic E-state index is -0.703. The van der Waals surface area contributed by atoms with Crippen LogP contribution in [-0.4, -0.2) is 66.9 Å². The molecule has 0 aromatic heterocycles. The van der Waals surface area contributed by atoms with E-state index in [1.54, 1.807) is 12.1 Å². The van der Waals surface area contributed by atoms with Crippen molar-refractivity contribution in [2.24, 2.45) is 0 Å². The molecule has 2 atom stereocenters. The number of halogens is 1. The molecule has 196 valence electrons. The number of imide groups is 1. The van der Waals surface area contributed by atoms with Gasteiger partial charge in [0.05, 0.1) is 5.92 Å². The van der Waals surface area contributed by atoms with E-state index in [0.717, 1.165) is 13.1 Å². The summed E-state index contributed by atoms with van der Waals surface area (Å²) in [4.78, 5) is 41.0. The fourth-order valence-electron chi connectivity index (χ4n) is 5.74. The lowest BCUT2D eigenvalue weighted by Crippen LogP contribution is -2.41. The Bertz CT molecular complexity index is 1160. The summed E-state index contributed by atoms with van der Waals surface area (Å²) < 4.78 is 20.6. The van der Waals surface area contributed by atoms with Gasteiger partial charge in [-0.1, -0.05) is 12.1 Å². The number of carbonyl (C=O) groups is 3. The maximum atomic E-state index is 14.5. The van der Waals surface area contributed by atoms with Gasteiger partial charge in [0.2, 0.25) is 11.8 Å². The van der Waals surface area contributed by atoms with Gasteiger partial charge >= 0.3 is 0 Å². The Morgan fingerprint density at radius 2 is 1.76 bits per heavy atom. The molecule has 0 radical (unpaired) electrons. The topological polar surface area (TPSA) is 79.0 Å². The summed E-state index contributed by atoms with van der Waals surface area (Å²) >= 11 is 0. The number of likely N-dealkylation sites (N-methyl/N-ethyl adjacent to an activating group) is 1. The monoisotopic (exact) mass is 507 g/mol. The zero-order valence-corrected chi connectivity index (χ0v) is 21.2. The highest BCUT2D eigenvalue weighted by Crippen LogP contribution is 2.31. The molecule has 0 spiro atoms. The van der Waals surface area contributed by atoms with Crippen molar-refractivity contribution in [2.75, 3.05) is 33.2 Å². The summed E-state index contributed by atoms with van der Waals surface area (Å²) in [6.45, 7) is 3.37. The molecule has 3 heterocycles. The second kappa shape index (κ2) is 11.0. The average molecular weight is 508 g/mol. The average Bonchev–Trinajstić information content (AvgIpc) is 2.90. The summed E-state index contributed by atoms with van der Waals surface area (Å²) in [6.07, 6.45) is 4.10. The molecular weight excluding hydrogens is 473 g/mol. The first kappa shape index (κ1) is 25.4. The van der Waals surface area contributed by atoms with E-state index in [2.05, 4.69) is 29.4 Å². The van der Waals surface area contributed by atoms with Gasteiger partial charge in [0.25, 0.3) is 5.91 Å². The second-order valence-corrected chi connectivity index (χ2v) is 10.5. The lowest BCUT2D eigenvalue weighted by Gasteiger charge is -2.33. The highest BCUT2D eigenvalue weighted by atomic mass is 19.1. The number of amides is 3. The van der Waals surface area contributed by atoms with Crippen LogP contribution in [0.15, 0.2) is 42.5 Å². The van der Waals surface area contributed by atoms with E-state index in [-0.39, 0.29) is 36.3 Å². The minimum Gasteiger partial charge on any atom is -0.490 e. The molecule has 3 amide bonds. The molecule has 0 bridgehead atoms. The predicted octanol–water partition coefficient (Wildman–Crippen LogP) is 3.84. The van der Waals surface area contributed by atoms with Crippen LogP contribution in [0.2, 0.25) is 0 Å². The van der Waals surface area contributed by atoms with Crippen molar-refractivity contribution in [1.82, 2.24) is 15.1 Å². The molecule has 1 unspecified atom stereocenters. The number of carbonyl (C=O) groups excluding carboxylic acids is 3. The van der Waals surface area contributed by atoms with Gasteiger partial charge < -0.3 is 14.5 Å². The third kappa shape index (κ3) is 5.85. The van der Waals surface area contributed by atoms with Crippen molar-refractivity contribution >= 4 is 17.7 Å². The Morgan fingerprint density at radius 1 is 1.00 bits per heavy atom. The molecule has 3 aliphatic heterocycles. The smallest absolute Gasteiger partial charge is 0.253 e. The molecule has 3 saturated heterocycles. The van der Waals surface area contributed by atoms with E-state index in [0.29, 0.717) is 43.2 Å². The van der Waals surface area contributed by atoms with E-state index in [9.17, 15) is 18.8 Å². The second-order valence-electron chi connectivity index (χ2n) is 10.5. The molecule has 8 heteroatoms. The third-order valence-electron chi connectivity index (χ3n) is 7.87. The van der Waals surface area contributed by atoms with Crippen LogP contribution in [0.4, 0.5) is 4.39 Å². The van der Waals surface area contributed by atoms with Gasteiger partial charge in [0, 0.05) is 50.0 Å². The normalized spacial score (nSPS) is 23.6. The number of nitrogens with zero attached hydrogens (tertiary/aromatic N) is 2. The standard InChI is InChI=1S/C29H34FN3O4/c1-32-14-2-3-21(18-32)19-4-6-20(7-5-19)29(36)33-15-12-22(13-16-33)37-23-8-10-26(30)25(17-23)24-9-11-27(34)31-28(24)35/h4-8,10,17,21-22,24H,2-3,9,11-16,18H2,1H3,(H,31,34,35)/t21-,24?/m1/s1. The van der Waals surface area contributed by atoms with Crippen molar-refractivity contribution in [3.05, 3.63) is 65.0 Å². The summed E-state index contributed by atoms with van der Waals surface area (Å²) in [5, 5.41) is 2.28. The van der Waals surface area contributed by atoms with Gasteiger partial charge in [0.1, 0.15) is 17.7 Å². The van der Waals surface area contributed by atoms with Gasteiger partial charge in [-0.3, -0.25) is 19.7 Å². The number of benzene rings is 2. The van der Waals surface area contributed by atoms with Crippen LogP contribution in [0.1, 0.15) is 71.8 Å². The first-order valence-electron chi connectivity index (χ1n) is 13.2.